The molecule has 1 rings (SSSR count). The quantitative estimate of drug-likeness (QED) is 0.713. The van der Waals surface area contributed by atoms with Gasteiger partial charge >= 0.3 is 0 Å². The van der Waals surface area contributed by atoms with E-state index in [1.807, 2.05) is 24.3 Å². The Kier molecular flexibility index (Phi) is 6.34. The van der Waals surface area contributed by atoms with Crippen molar-refractivity contribution in [2.24, 2.45) is 0 Å². The van der Waals surface area contributed by atoms with Crippen LogP contribution in [0.15, 0.2) is 24.3 Å². The summed E-state index contributed by atoms with van der Waals surface area (Å²) < 4.78 is 24.1. The van der Waals surface area contributed by atoms with Crippen LogP contribution in [0.5, 0.6) is 0 Å². The maximum Gasteiger partial charge on any atom is 0.265 e. The van der Waals surface area contributed by atoms with Gasteiger partial charge in [-0.25, -0.2) is 8.78 Å². The van der Waals surface area contributed by atoms with Crippen molar-refractivity contribution in [2.45, 2.75) is 38.4 Å². The molecule has 3 nitrogen and oxygen atoms in total. The number of hydrogen-bond acceptors (Lipinski definition) is 3. The zero-order valence-electron chi connectivity index (χ0n) is 11.2. The summed E-state index contributed by atoms with van der Waals surface area (Å²) in [4.78, 5) is 0. The normalized spacial score (nSPS) is 14.9. The molecule has 1 aromatic rings. The average Bonchev–Trinajstić information content (AvgIpc) is 2.38. The van der Waals surface area contributed by atoms with Crippen molar-refractivity contribution in [3.63, 3.8) is 0 Å². The lowest BCUT2D eigenvalue weighted by atomic mass is 10.00. The van der Waals surface area contributed by atoms with Gasteiger partial charge in [0, 0.05) is 13.1 Å². The Bertz CT molecular complexity index is 368. The van der Waals surface area contributed by atoms with E-state index >= 15 is 0 Å². The van der Waals surface area contributed by atoms with Gasteiger partial charge in [0.05, 0.1) is 6.10 Å². The van der Waals surface area contributed by atoms with Gasteiger partial charge in [0.15, 0.2) is 0 Å². The lowest BCUT2D eigenvalue weighted by Gasteiger charge is -2.15. The number of nitrogens with one attached hydrogen (secondary N) is 1. The molecule has 0 heterocycles. The molecule has 3 N–H and O–H groups in total. The van der Waals surface area contributed by atoms with Crippen LogP contribution in [-0.2, 0) is 0 Å². The summed E-state index contributed by atoms with van der Waals surface area (Å²) in [6.07, 6.45) is -5.24. The molecule has 2 unspecified atom stereocenters. The molecule has 0 spiro atoms. The van der Waals surface area contributed by atoms with Crippen LogP contribution in [-0.4, -0.2) is 35.8 Å². The zero-order valence-corrected chi connectivity index (χ0v) is 11.2. The number of alkyl halides is 2. The van der Waals surface area contributed by atoms with E-state index in [2.05, 4.69) is 19.2 Å². The highest BCUT2D eigenvalue weighted by atomic mass is 19.3. The van der Waals surface area contributed by atoms with Crippen LogP contribution in [0.2, 0.25) is 0 Å². The van der Waals surface area contributed by atoms with Crippen LogP contribution in [0, 0.1) is 0 Å². The first-order valence-electron chi connectivity index (χ1n) is 6.36. The predicted molar refractivity (Wildman–Crippen MR) is 70.4 cm³/mol. The Morgan fingerprint density at radius 2 is 1.53 bits per heavy atom. The molecule has 0 bridgehead atoms. The number of aliphatic hydroxyl groups excluding tert-OH is 2. The predicted octanol–water partition coefficient (Wildman–Crippen LogP) is 2.06. The van der Waals surface area contributed by atoms with E-state index in [-0.39, 0.29) is 13.1 Å². The summed E-state index contributed by atoms with van der Waals surface area (Å²) in [5, 5.41) is 21.4. The average molecular weight is 273 g/mol. The van der Waals surface area contributed by atoms with Crippen molar-refractivity contribution in [3.05, 3.63) is 35.4 Å². The Labute approximate surface area is 112 Å². The number of halogens is 2. The van der Waals surface area contributed by atoms with Crippen LogP contribution in [0.3, 0.4) is 0 Å². The summed E-state index contributed by atoms with van der Waals surface area (Å²) in [6, 6.07) is 7.53. The van der Waals surface area contributed by atoms with Crippen LogP contribution >= 0.6 is 0 Å². The number of aliphatic hydroxyl groups is 2. The minimum absolute atomic E-state index is 0.130. The smallest absolute Gasteiger partial charge is 0.265 e. The summed E-state index contributed by atoms with van der Waals surface area (Å²) in [5.74, 6) is 0.422. The van der Waals surface area contributed by atoms with Crippen LogP contribution in [0.1, 0.15) is 37.0 Å². The van der Waals surface area contributed by atoms with Crippen molar-refractivity contribution in [2.75, 3.05) is 13.1 Å². The van der Waals surface area contributed by atoms with Gasteiger partial charge in [0.1, 0.15) is 6.10 Å². The molecule has 0 saturated heterocycles. The van der Waals surface area contributed by atoms with Crippen molar-refractivity contribution in [1.82, 2.24) is 5.32 Å². The van der Waals surface area contributed by atoms with E-state index in [0.717, 1.165) is 5.56 Å². The molecule has 0 saturated carbocycles. The van der Waals surface area contributed by atoms with Gasteiger partial charge in [-0.2, -0.15) is 0 Å². The van der Waals surface area contributed by atoms with Gasteiger partial charge in [0.2, 0.25) is 0 Å². The fourth-order valence-corrected chi connectivity index (χ4v) is 1.68. The molecule has 0 aliphatic carbocycles. The third-order valence-corrected chi connectivity index (χ3v) is 2.97. The molecule has 19 heavy (non-hydrogen) atoms. The number of rotatable bonds is 7. The lowest BCUT2D eigenvalue weighted by Crippen LogP contribution is -2.34. The van der Waals surface area contributed by atoms with Gasteiger partial charge in [-0.1, -0.05) is 38.1 Å². The minimum atomic E-state index is -2.77. The molecule has 0 aromatic heterocycles. The highest BCUT2D eigenvalue weighted by Crippen LogP contribution is 2.18. The molecule has 1 aromatic carbocycles. The van der Waals surface area contributed by atoms with Crippen molar-refractivity contribution >= 4 is 0 Å². The highest BCUT2D eigenvalue weighted by Gasteiger charge is 2.16. The van der Waals surface area contributed by atoms with Crippen LogP contribution in [0.4, 0.5) is 8.78 Å². The van der Waals surface area contributed by atoms with Crippen molar-refractivity contribution < 1.29 is 19.0 Å². The van der Waals surface area contributed by atoms with Gasteiger partial charge in [-0.3, -0.25) is 0 Å². The molecular weight excluding hydrogens is 252 g/mol. The molecule has 2 atom stereocenters. The van der Waals surface area contributed by atoms with E-state index in [0.29, 0.717) is 5.92 Å². The highest BCUT2D eigenvalue weighted by molar-refractivity contribution is 5.26. The van der Waals surface area contributed by atoms with Crippen LogP contribution in [0.25, 0.3) is 0 Å². The Morgan fingerprint density at radius 3 is 2.00 bits per heavy atom. The number of hydrogen-bond donors (Lipinski definition) is 3. The first kappa shape index (κ1) is 16.0. The standard InChI is InChI=1S/C14H21F2NO2/c1-9(2)10-3-5-11(6-4-10)12(18)7-17-8-13(19)14(15)16/h3-6,9,12-14,17-19H,7-8H2,1-2H3. The molecule has 108 valence electrons. The van der Waals surface area contributed by atoms with E-state index < -0.39 is 18.6 Å². The second-order valence-electron chi connectivity index (χ2n) is 4.90. The molecule has 5 heteroatoms. The van der Waals surface area contributed by atoms with Gasteiger partial charge < -0.3 is 15.5 Å². The summed E-state index contributed by atoms with van der Waals surface area (Å²) in [6.45, 7) is 4.06. The second-order valence-corrected chi connectivity index (χ2v) is 4.90. The Balaban J connectivity index is 2.43. The third-order valence-electron chi connectivity index (χ3n) is 2.97. The van der Waals surface area contributed by atoms with Crippen molar-refractivity contribution in [3.8, 4) is 0 Å². The van der Waals surface area contributed by atoms with E-state index in [9.17, 15) is 13.9 Å². The maximum atomic E-state index is 12.0. The zero-order chi connectivity index (χ0) is 14.4. The lowest BCUT2D eigenvalue weighted by molar-refractivity contribution is -0.00462. The molecule has 0 fully saturated rings. The van der Waals surface area contributed by atoms with Gasteiger partial charge in [-0.05, 0) is 17.0 Å². The fourth-order valence-electron chi connectivity index (χ4n) is 1.68. The molecular formula is C14H21F2NO2. The first-order valence-corrected chi connectivity index (χ1v) is 6.36. The van der Waals surface area contributed by atoms with E-state index in [4.69, 9.17) is 5.11 Å². The van der Waals surface area contributed by atoms with Gasteiger partial charge in [-0.15, -0.1) is 0 Å². The second kappa shape index (κ2) is 7.53. The SMILES string of the molecule is CC(C)c1ccc(C(O)CNCC(O)C(F)F)cc1. The van der Waals surface area contributed by atoms with E-state index in [1.165, 1.54) is 5.56 Å². The van der Waals surface area contributed by atoms with Crippen LogP contribution < -0.4 is 5.32 Å². The summed E-state index contributed by atoms with van der Waals surface area (Å²) in [5.41, 5.74) is 1.90. The maximum absolute atomic E-state index is 12.0. The largest absolute Gasteiger partial charge is 0.387 e. The molecule has 0 radical (unpaired) electrons. The summed E-state index contributed by atoms with van der Waals surface area (Å²) in [7, 11) is 0. The fraction of sp³-hybridized carbons (Fsp3) is 0.571. The minimum Gasteiger partial charge on any atom is -0.387 e. The molecule has 0 aliphatic heterocycles. The monoisotopic (exact) mass is 273 g/mol. The Hall–Kier alpha value is -1.04. The van der Waals surface area contributed by atoms with Gasteiger partial charge in [0.25, 0.3) is 6.43 Å². The molecule has 0 aliphatic rings. The van der Waals surface area contributed by atoms with Crippen molar-refractivity contribution in [1.29, 1.82) is 0 Å². The summed E-state index contributed by atoms with van der Waals surface area (Å²) >= 11 is 0. The van der Waals surface area contributed by atoms with E-state index in [1.54, 1.807) is 0 Å². The Morgan fingerprint density at radius 1 is 1.00 bits per heavy atom. The topological polar surface area (TPSA) is 52.5 Å². The molecule has 0 amide bonds. The first-order chi connectivity index (χ1) is 8.91. The number of benzene rings is 1. The third kappa shape index (κ3) is 5.22.